The Balaban J connectivity index is 1.74. The summed E-state index contributed by atoms with van der Waals surface area (Å²) in [7, 11) is 1.82. The highest BCUT2D eigenvalue weighted by Gasteiger charge is 2.03. The number of pyridine rings is 1. The Morgan fingerprint density at radius 1 is 1.30 bits per heavy atom. The molecule has 1 aromatic carbocycles. The van der Waals surface area contributed by atoms with Gasteiger partial charge < -0.3 is 10.3 Å². The fourth-order valence-electron chi connectivity index (χ4n) is 2.10. The van der Waals surface area contributed by atoms with E-state index in [9.17, 15) is 4.79 Å². The molecular formula is C14H15N5O. The monoisotopic (exact) mass is 269 g/mol. The number of aromatic nitrogens is 4. The fraction of sp³-hybridized carbons (Fsp3) is 0.214. The summed E-state index contributed by atoms with van der Waals surface area (Å²) in [6, 6.07) is 9.65. The standard InChI is InChI=1S/C14H15N5O/c1-19-9-16-13(18-19)8-15-7-11-6-10-4-2-3-5-12(10)17-14(11)20/h2-6,9,15H,7-8H2,1H3,(H,17,20). The van der Waals surface area contributed by atoms with E-state index < -0.39 is 0 Å². The van der Waals surface area contributed by atoms with E-state index in [1.54, 1.807) is 11.0 Å². The smallest absolute Gasteiger partial charge is 0.252 e. The molecule has 0 aliphatic rings. The molecule has 2 N–H and O–H groups in total. The van der Waals surface area contributed by atoms with Gasteiger partial charge in [0.05, 0.1) is 6.54 Å². The summed E-state index contributed by atoms with van der Waals surface area (Å²) in [6.07, 6.45) is 1.65. The van der Waals surface area contributed by atoms with Crippen LogP contribution in [-0.4, -0.2) is 19.7 Å². The number of rotatable bonds is 4. The molecule has 0 saturated carbocycles. The predicted molar refractivity (Wildman–Crippen MR) is 76.1 cm³/mol. The van der Waals surface area contributed by atoms with Gasteiger partial charge in [0.25, 0.3) is 5.56 Å². The summed E-state index contributed by atoms with van der Waals surface area (Å²) in [5.41, 5.74) is 1.50. The molecule has 3 rings (SSSR count). The summed E-state index contributed by atoms with van der Waals surface area (Å²) in [5, 5.41) is 8.38. The zero-order chi connectivity index (χ0) is 13.9. The first-order valence-corrected chi connectivity index (χ1v) is 6.38. The Kier molecular flexibility index (Phi) is 3.30. The molecule has 0 aliphatic heterocycles. The summed E-state index contributed by atoms with van der Waals surface area (Å²) in [6.45, 7) is 1.02. The van der Waals surface area contributed by atoms with Crippen LogP contribution in [0.4, 0.5) is 0 Å². The van der Waals surface area contributed by atoms with Crippen molar-refractivity contribution in [3.8, 4) is 0 Å². The molecule has 0 amide bonds. The van der Waals surface area contributed by atoms with Crippen LogP contribution in [0.15, 0.2) is 41.5 Å². The molecule has 3 aromatic rings. The zero-order valence-corrected chi connectivity index (χ0v) is 11.1. The largest absolute Gasteiger partial charge is 0.322 e. The quantitative estimate of drug-likeness (QED) is 0.739. The molecule has 0 atom stereocenters. The minimum atomic E-state index is -0.0646. The van der Waals surface area contributed by atoms with Crippen LogP contribution in [0.2, 0.25) is 0 Å². The van der Waals surface area contributed by atoms with Crippen LogP contribution >= 0.6 is 0 Å². The van der Waals surface area contributed by atoms with Gasteiger partial charge in [0.2, 0.25) is 0 Å². The molecule has 0 saturated heterocycles. The lowest BCUT2D eigenvalue weighted by atomic mass is 10.1. The van der Waals surface area contributed by atoms with Crippen LogP contribution < -0.4 is 10.9 Å². The van der Waals surface area contributed by atoms with E-state index in [-0.39, 0.29) is 5.56 Å². The van der Waals surface area contributed by atoms with Crippen LogP contribution in [0.3, 0.4) is 0 Å². The van der Waals surface area contributed by atoms with Gasteiger partial charge >= 0.3 is 0 Å². The van der Waals surface area contributed by atoms with Crippen molar-refractivity contribution in [1.29, 1.82) is 0 Å². The minimum absolute atomic E-state index is 0.0646. The molecular weight excluding hydrogens is 254 g/mol. The van der Waals surface area contributed by atoms with Gasteiger partial charge in [-0.15, -0.1) is 0 Å². The SMILES string of the molecule is Cn1cnc(CNCc2cc3ccccc3[nH]c2=O)n1. The maximum Gasteiger partial charge on any atom is 0.252 e. The lowest BCUT2D eigenvalue weighted by Crippen LogP contribution is -2.21. The predicted octanol–water partition coefficient (Wildman–Crippen LogP) is 0.946. The van der Waals surface area contributed by atoms with Crippen molar-refractivity contribution in [2.45, 2.75) is 13.1 Å². The second-order valence-electron chi connectivity index (χ2n) is 4.65. The van der Waals surface area contributed by atoms with Crippen LogP contribution in [-0.2, 0) is 20.1 Å². The van der Waals surface area contributed by atoms with Crippen molar-refractivity contribution in [2.75, 3.05) is 0 Å². The maximum atomic E-state index is 11.9. The Morgan fingerprint density at radius 3 is 2.95 bits per heavy atom. The van der Waals surface area contributed by atoms with Gasteiger partial charge in [-0.1, -0.05) is 18.2 Å². The number of nitrogens with one attached hydrogen (secondary N) is 2. The van der Waals surface area contributed by atoms with Crippen LogP contribution in [0.25, 0.3) is 10.9 Å². The molecule has 0 fully saturated rings. The third-order valence-corrected chi connectivity index (χ3v) is 3.08. The zero-order valence-electron chi connectivity index (χ0n) is 11.1. The molecule has 0 aliphatic carbocycles. The van der Waals surface area contributed by atoms with Gasteiger partial charge in [-0.2, -0.15) is 5.10 Å². The lowest BCUT2D eigenvalue weighted by molar-refractivity contribution is 0.646. The number of aromatic amines is 1. The summed E-state index contributed by atoms with van der Waals surface area (Å²) < 4.78 is 1.65. The number of fused-ring (bicyclic) bond motifs is 1. The van der Waals surface area contributed by atoms with Crippen molar-refractivity contribution in [3.05, 3.63) is 58.4 Å². The lowest BCUT2D eigenvalue weighted by Gasteiger charge is -2.04. The van der Waals surface area contributed by atoms with Crippen LogP contribution in [0.5, 0.6) is 0 Å². The van der Waals surface area contributed by atoms with Gasteiger partial charge in [-0.3, -0.25) is 9.48 Å². The molecule has 6 heteroatoms. The molecule has 0 unspecified atom stereocenters. The second-order valence-corrected chi connectivity index (χ2v) is 4.65. The van der Waals surface area contributed by atoms with Crippen LogP contribution in [0.1, 0.15) is 11.4 Å². The number of hydrogen-bond acceptors (Lipinski definition) is 4. The average molecular weight is 269 g/mol. The third-order valence-electron chi connectivity index (χ3n) is 3.08. The number of H-pyrrole nitrogens is 1. The van der Waals surface area contributed by atoms with E-state index in [1.165, 1.54) is 0 Å². The van der Waals surface area contributed by atoms with Crippen molar-refractivity contribution in [2.24, 2.45) is 7.05 Å². The number of aryl methyl sites for hydroxylation is 1. The minimum Gasteiger partial charge on any atom is -0.322 e. The maximum absolute atomic E-state index is 11.9. The fourth-order valence-corrected chi connectivity index (χ4v) is 2.10. The van der Waals surface area contributed by atoms with Gasteiger partial charge in [0, 0.05) is 24.7 Å². The number of benzene rings is 1. The Hall–Kier alpha value is -2.47. The molecule has 0 radical (unpaired) electrons. The highest BCUT2D eigenvalue weighted by Crippen LogP contribution is 2.09. The number of nitrogens with zero attached hydrogens (tertiary/aromatic N) is 3. The third kappa shape index (κ3) is 2.60. The molecule has 102 valence electrons. The van der Waals surface area contributed by atoms with Gasteiger partial charge in [0.1, 0.15) is 6.33 Å². The molecule has 0 bridgehead atoms. The number of para-hydroxylation sites is 1. The first-order valence-electron chi connectivity index (χ1n) is 6.38. The van der Waals surface area contributed by atoms with E-state index in [2.05, 4.69) is 20.4 Å². The summed E-state index contributed by atoms with van der Waals surface area (Å²) >= 11 is 0. The molecule has 2 aromatic heterocycles. The highest BCUT2D eigenvalue weighted by atomic mass is 16.1. The van der Waals surface area contributed by atoms with E-state index in [0.717, 1.165) is 10.9 Å². The highest BCUT2D eigenvalue weighted by molar-refractivity contribution is 5.78. The van der Waals surface area contributed by atoms with Crippen molar-refractivity contribution in [3.63, 3.8) is 0 Å². The topological polar surface area (TPSA) is 75.6 Å². The van der Waals surface area contributed by atoms with Crippen molar-refractivity contribution >= 4 is 10.9 Å². The van der Waals surface area contributed by atoms with E-state index in [0.29, 0.717) is 24.5 Å². The number of hydrogen-bond donors (Lipinski definition) is 2. The summed E-state index contributed by atoms with van der Waals surface area (Å²) in [4.78, 5) is 19.0. The molecule has 0 spiro atoms. The van der Waals surface area contributed by atoms with Gasteiger partial charge in [-0.25, -0.2) is 4.98 Å². The van der Waals surface area contributed by atoms with Gasteiger partial charge in [-0.05, 0) is 17.5 Å². The van der Waals surface area contributed by atoms with Crippen LogP contribution in [0, 0.1) is 0 Å². The summed E-state index contributed by atoms with van der Waals surface area (Å²) in [5.74, 6) is 0.713. The van der Waals surface area contributed by atoms with E-state index in [4.69, 9.17) is 0 Å². The van der Waals surface area contributed by atoms with Crippen molar-refractivity contribution in [1.82, 2.24) is 25.1 Å². The Labute approximate surface area is 115 Å². The Bertz CT molecular complexity index is 789. The first kappa shape index (κ1) is 12.6. The molecule has 20 heavy (non-hydrogen) atoms. The molecule has 6 nitrogen and oxygen atoms in total. The van der Waals surface area contributed by atoms with E-state index in [1.807, 2.05) is 37.4 Å². The van der Waals surface area contributed by atoms with Crippen molar-refractivity contribution < 1.29 is 0 Å². The molecule has 2 heterocycles. The second kappa shape index (κ2) is 5.26. The average Bonchev–Trinajstić information content (AvgIpc) is 2.85. The normalized spacial score (nSPS) is 11.1. The van der Waals surface area contributed by atoms with E-state index >= 15 is 0 Å². The Morgan fingerprint density at radius 2 is 2.15 bits per heavy atom. The van der Waals surface area contributed by atoms with Gasteiger partial charge in [0.15, 0.2) is 5.82 Å². The first-order chi connectivity index (χ1) is 9.72.